The van der Waals surface area contributed by atoms with E-state index in [0.717, 1.165) is 11.3 Å². The van der Waals surface area contributed by atoms with Crippen LogP contribution in [0.3, 0.4) is 0 Å². The van der Waals surface area contributed by atoms with Crippen molar-refractivity contribution in [2.45, 2.75) is 43.4 Å². The summed E-state index contributed by atoms with van der Waals surface area (Å²) in [6, 6.07) is 16.8. The molecule has 0 unspecified atom stereocenters. The maximum atomic E-state index is 10.2. The largest absolute Gasteiger partial charge is 0.497 e. The van der Waals surface area contributed by atoms with E-state index in [1.54, 1.807) is 31.4 Å². The van der Waals surface area contributed by atoms with Crippen LogP contribution >= 0.6 is 11.8 Å². The van der Waals surface area contributed by atoms with E-state index in [9.17, 15) is 5.26 Å². The number of nitriles is 1. The molecule has 1 aliphatic rings. The fourth-order valence-electron chi connectivity index (χ4n) is 4.48. The SMILES string of the molecule is [C-]#[N+]c1c(N)nc(SCc2nc(-c3ccc(OC)cc3)oc2C)c(C#N)c1-c1ccc(OC[C@H]2COC(C)(C)O2)cc1. The predicted molar refractivity (Wildman–Crippen MR) is 158 cm³/mol. The van der Waals surface area contributed by atoms with Gasteiger partial charge in [-0.15, -0.1) is 0 Å². The first-order valence-electron chi connectivity index (χ1n) is 13.1. The number of nitrogens with zero attached hydrogens (tertiary/aromatic N) is 4. The number of aryl methyl sites for hydroxylation is 1. The second-order valence-corrected chi connectivity index (χ2v) is 10.9. The molecule has 0 radical (unpaired) electrons. The van der Waals surface area contributed by atoms with Gasteiger partial charge in [-0.1, -0.05) is 23.9 Å². The standard InChI is InChI=1S/C31H29N5O5S/c1-18-25(35-29(40-18)20-8-10-21(37-5)11-9-20)17-42-30-24(14-32)26(27(34-4)28(33)36-30)19-6-12-22(13-7-19)38-15-23-16-39-31(2,3)41-23/h6-13,23H,15-17H2,1-3,5H3,(H2,33,36)/t23-/m0/s1. The molecule has 2 aromatic carbocycles. The van der Waals surface area contributed by atoms with Gasteiger partial charge in [0.05, 0.1) is 31.5 Å². The van der Waals surface area contributed by atoms with Crippen molar-refractivity contribution in [2.24, 2.45) is 0 Å². The molecule has 4 aromatic rings. The quantitative estimate of drug-likeness (QED) is 0.171. The van der Waals surface area contributed by atoms with Crippen LogP contribution in [0.15, 0.2) is 58.0 Å². The Labute approximate surface area is 248 Å². The van der Waals surface area contributed by atoms with E-state index in [0.29, 0.717) is 58.2 Å². The molecule has 1 aliphatic heterocycles. The first-order valence-corrected chi connectivity index (χ1v) is 14.1. The van der Waals surface area contributed by atoms with E-state index in [1.165, 1.54) is 11.8 Å². The van der Waals surface area contributed by atoms with E-state index in [1.807, 2.05) is 45.0 Å². The van der Waals surface area contributed by atoms with Crippen molar-refractivity contribution in [2.75, 3.05) is 26.1 Å². The van der Waals surface area contributed by atoms with Gasteiger partial charge in [-0.05, 0) is 62.7 Å². The van der Waals surface area contributed by atoms with Gasteiger partial charge in [-0.25, -0.2) is 14.8 Å². The van der Waals surface area contributed by atoms with Gasteiger partial charge in [0.25, 0.3) is 0 Å². The second kappa shape index (κ2) is 12.1. The predicted octanol–water partition coefficient (Wildman–Crippen LogP) is 6.55. The molecule has 3 heterocycles. The summed E-state index contributed by atoms with van der Waals surface area (Å²) in [5, 5.41) is 10.6. The van der Waals surface area contributed by atoms with E-state index in [2.05, 4.69) is 20.9 Å². The van der Waals surface area contributed by atoms with Gasteiger partial charge in [-0.3, -0.25) is 0 Å². The first-order chi connectivity index (χ1) is 20.2. The number of methoxy groups -OCH3 is 1. The summed E-state index contributed by atoms with van der Waals surface area (Å²) >= 11 is 1.31. The number of thioether (sulfide) groups is 1. The van der Waals surface area contributed by atoms with E-state index in [-0.39, 0.29) is 23.2 Å². The van der Waals surface area contributed by atoms with Crippen molar-refractivity contribution in [3.8, 4) is 40.1 Å². The van der Waals surface area contributed by atoms with Crippen LogP contribution in [0.5, 0.6) is 11.5 Å². The molecule has 5 rings (SSSR count). The van der Waals surface area contributed by atoms with Gasteiger partial charge >= 0.3 is 0 Å². The minimum atomic E-state index is -0.621. The minimum Gasteiger partial charge on any atom is -0.497 e. The van der Waals surface area contributed by atoms with Gasteiger partial charge < -0.3 is 29.1 Å². The lowest BCUT2D eigenvalue weighted by Crippen LogP contribution is -2.25. The topological polar surface area (TPSA) is 130 Å². The molecule has 1 saturated heterocycles. The Kier molecular flexibility index (Phi) is 8.36. The third kappa shape index (κ3) is 6.19. The molecule has 11 heteroatoms. The monoisotopic (exact) mass is 583 g/mol. The number of benzene rings is 2. The summed E-state index contributed by atoms with van der Waals surface area (Å²) in [6.07, 6.45) is -0.168. The second-order valence-electron chi connectivity index (χ2n) is 9.95. The Morgan fingerprint density at radius 2 is 1.81 bits per heavy atom. The lowest BCUT2D eigenvalue weighted by molar-refractivity contribution is -0.141. The molecule has 1 atom stereocenters. The number of pyridine rings is 1. The summed E-state index contributed by atoms with van der Waals surface area (Å²) in [5.41, 5.74) is 9.24. The average Bonchev–Trinajstić information content (AvgIpc) is 3.55. The summed E-state index contributed by atoms with van der Waals surface area (Å²) < 4.78 is 28.4. The van der Waals surface area contributed by atoms with Crippen LogP contribution in [0, 0.1) is 24.8 Å². The molecule has 1 fully saturated rings. The molecule has 0 spiro atoms. The van der Waals surface area contributed by atoms with Crippen LogP contribution in [0.1, 0.15) is 30.9 Å². The lowest BCUT2D eigenvalue weighted by Gasteiger charge is -2.17. The zero-order chi connectivity index (χ0) is 29.9. The number of rotatable bonds is 9. The molecule has 0 amide bonds. The van der Waals surface area contributed by atoms with Gasteiger partial charge in [0.2, 0.25) is 11.6 Å². The zero-order valence-electron chi connectivity index (χ0n) is 23.6. The average molecular weight is 584 g/mol. The highest BCUT2D eigenvalue weighted by Crippen LogP contribution is 2.42. The maximum absolute atomic E-state index is 10.2. The highest BCUT2D eigenvalue weighted by atomic mass is 32.2. The summed E-state index contributed by atoms with van der Waals surface area (Å²) in [4.78, 5) is 12.7. The first kappa shape index (κ1) is 29.0. The fourth-order valence-corrected chi connectivity index (χ4v) is 5.48. The number of anilines is 1. The number of ether oxygens (including phenoxy) is 4. The van der Waals surface area contributed by atoms with Gasteiger partial charge in [0.15, 0.2) is 5.79 Å². The molecule has 10 nitrogen and oxygen atoms in total. The number of hydrogen-bond acceptors (Lipinski definition) is 10. The van der Waals surface area contributed by atoms with Crippen molar-refractivity contribution in [1.82, 2.24) is 9.97 Å². The highest BCUT2D eigenvalue weighted by molar-refractivity contribution is 7.98. The Bertz CT molecular complexity index is 1670. The van der Waals surface area contributed by atoms with Crippen LogP contribution < -0.4 is 15.2 Å². The Morgan fingerprint density at radius 1 is 1.12 bits per heavy atom. The number of nitrogen functional groups attached to an aromatic ring is 1. The van der Waals surface area contributed by atoms with Crippen LogP contribution in [-0.4, -0.2) is 42.2 Å². The number of aromatic nitrogens is 2. The van der Waals surface area contributed by atoms with Crippen molar-refractivity contribution in [1.29, 1.82) is 5.26 Å². The normalized spacial score (nSPS) is 15.6. The Balaban J connectivity index is 1.36. The van der Waals surface area contributed by atoms with Gasteiger partial charge in [0.1, 0.15) is 46.9 Å². The van der Waals surface area contributed by atoms with Crippen molar-refractivity contribution < 1.29 is 23.4 Å². The zero-order valence-corrected chi connectivity index (χ0v) is 24.4. The summed E-state index contributed by atoms with van der Waals surface area (Å²) in [7, 11) is 1.61. The molecular weight excluding hydrogens is 554 g/mol. The molecule has 0 bridgehead atoms. The summed E-state index contributed by atoms with van der Waals surface area (Å²) in [6.45, 7) is 14.1. The molecule has 42 heavy (non-hydrogen) atoms. The van der Waals surface area contributed by atoms with Crippen LogP contribution in [0.4, 0.5) is 11.5 Å². The highest BCUT2D eigenvalue weighted by Gasteiger charge is 2.33. The van der Waals surface area contributed by atoms with E-state index in [4.69, 9.17) is 35.7 Å². The number of oxazole rings is 1. The third-order valence-corrected chi connectivity index (χ3v) is 7.60. The Morgan fingerprint density at radius 3 is 2.43 bits per heavy atom. The van der Waals surface area contributed by atoms with Crippen LogP contribution in [-0.2, 0) is 15.2 Å². The van der Waals surface area contributed by atoms with Gasteiger partial charge in [-0.2, -0.15) is 5.26 Å². The van der Waals surface area contributed by atoms with Crippen molar-refractivity contribution in [3.63, 3.8) is 0 Å². The lowest BCUT2D eigenvalue weighted by atomic mass is 10.00. The Hall–Kier alpha value is -4.55. The third-order valence-electron chi connectivity index (χ3n) is 6.61. The molecule has 2 N–H and O–H groups in total. The number of nitrogens with two attached hydrogens (primary N) is 1. The maximum Gasteiger partial charge on any atom is 0.236 e. The van der Waals surface area contributed by atoms with E-state index < -0.39 is 5.79 Å². The number of hydrogen-bond donors (Lipinski definition) is 1. The smallest absolute Gasteiger partial charge is 0.236 e. The van der Waals surface area contributed by atoms with E-state index >= 15 is 0 Å². The van der Waals surface area contributed by atoms with Crippen LogP contribution in [0.2, 0.25) is 0 Å². The fraction of sp³-hybridized carbons (Fsp3) is 0.290. The molecule has 2 aromatic heterocycles. The van der Waals surface area contributed by atoms with Crippen molar-refractivity contribution >= 4 is 23.3 Å². The minimum absolute atomic E-state index is 0.0543. The molecular formula is C31H29N5O5S. The molecule has 214 valence electrons. The summed E-state index contributed by atoms with van der Waals surface area (Å²) in [5.74, 6) is 2.33. The van der Waals surface area contributed by atoms with Crippen LogP contribution in [0.25, 0.3) is 27.4 Å². The van der Waals surface area contributed by atoms with Crippen molar-refractivity contribution in [3.05, 3.63) is 77.0 Å². The van der Waals surface area contributed by atoms with Gasteiger partial charge in [0, 0.05) is 16.9 Å². The molecule has 0 aliphatic carbocycles. The molecule has 0 saturated carbocycles.